The highest BCUT2D eigenvalue weighted by atomic mass is 32.2. The highest BCUT2D eigenvalue weighted by Crippen LogP contribution is 2.27. The molecule has 1 aromatic carbocycles. The monoisotopic (exact) mass is 276 g/mol. The minimum absolute atomic E-state index is 0.0491. The van der Waals surface area contributed by atoms with Crippen LogP contribution >= 0.6 is 0 Å². The number of hydrogen-bond donors (Lipinski definition) is 2. The fourth-order valence-corrected chi connectivity index (χ4v) is 2.21. The fourth-order valence-electron chi connectivity index (χ4n) is 1.18. The molecule has 0 radical (unpaired) electrons. The van der Waals surface area contributed by atoms with E-state index >= 15 is 0 Å². The van der Waals surface area contributed by atoms with Crippen LogP contribution in [0.2, 0.25) is 0 Å². The average molecular weight is 276 g/mol. The molecule has 0 atom stereocenters. The summed E-state index contributed by atoms with van der Waals surface area (Å²) in [6.07, 6.45) is 0. The third-order valence-corrected chi connectivity index (χ3v) is 3.51. The fraction of sp³-hybridized carbons (Fsp3) is 0.333. The molecule has 18 heavy (non-hydrogen) atoms. The molecule has 0 spiro atoms. The topological polar surface area (TPSA) is 119 Å². The number of hydrogen-bond acceptors (Lipinski definition) is 6. The Kier molecular flexibility index (Phi) is 4.59. The molecule has 1 aromatic rings. The second-order valence-corrected chi connectivity index (χ2v) is 5.07. The molecule has 0 unspecified atom stereocenters. The van der Waals surface area contributed by atoms with E-state index in [1.54, 1.807) is 0 Å². The highest BCUT2D eigenvalue weighted by Gasteiger charge is 2.20. The summed E-state index contributed by atoms with van der Waals surface area (Å²) in [5.41, 5.74) is -0.662. The zero-order valence-corrected chi connectivity index (χ0v) is 10.3. The predicted octanol–water partition coefficient (Wildman–Crippen LogP) is 0.225. The maximum absolute atomic E-state index is 11.7. The van der Waals surface area contributed by atoms with E-state index in [4.69, 9.17) is 0 Å². The van der Waals surface area contributed by atoms with Gasteiger partial charge in [-0.3, -0.25) is 10.1 Å². The van der Waals surface area contributed by atoms with Crippen molar-refractivity contribution in [3.8, 4) is 5.75 Å². The number of nitrogens with zero attached hydrogens (tertiary/aromatic N) is 1. The zero-order valence-electron chi connectivity index (χ0n) is 9.49. The molecule has 0 saturated heterocycles. The van der Waals surface area contributed by atoms with Crippen molar-refractivity contribution in [2.24, 2.45) is 0 Å². The maximum atomic E-state index is 11.7. The number of rotatable bonds is 6. The van der Waals surface area contributed by atoms with E-state index < -0.39 is 26.4 Å². The number of methoxy groups -OCH3 is 1. The van der Waals surface area contributed by atoms with E-state index in [1.165, 1.54) is 7.11 Å². The van der Waals surface area contributed by atoms with Crippen LogP contribution in [-0.4, -0.2) is 38.7 Å². The summed E-state index contributed by atoms with van der Waals surface area (Å²) in [6.45, 7) is 0.229. The molecule has 0 aromatic heterocycles. The van der Waals surface area contributed by atoms with Gasteiger partial charge in [-0.1, -0.05) is 0 Å². The van der Waals surface area contributed by atoms with Crippen molar-refractivity contribution in [3.05, 3.63) is 28.3 Å². The van der Waals surface area contributed by atoms with Crippen LogP contribution < -0.4 is 4.72 Å². The van der Waals surface area contributed by atoms with Gasteiger partial charge >= 0.3 is 5.69 Å². The normalized spacial score (nSPS) is 11.4. The van der Waals surface area contributed by atoms with E-state index in [2.05, 4.69) is 9.46 Å². The number of ether oxygens (including phenoxy) is 1. The van der Waals surface area contributed by atoms with Gasteiger partial charge in [0, 0.05) is 19.7 Å². The first-order valence-corrected chi connectivity index (χ1v) is 6.33. The molecule has 0 bridgehead atoms. The quantitative estimate of drug-likeness (QED) is 0.436. The first-order valence-electron chi connectivity index (χ1n) is 4.84. The van der Waals surface area contributed by atoms with Crippen molar-refractivity contribution in [2.75, 3.05) is 20.3 Å². The zero-order chi connectivity index (χ0) is 13.8. The molecule has 0 fully saturated rings. The van der Waals surface area contributed by atoms with Crippen molar-refractivity contribution in [2.45, 2.75) is 4.90 Å². The Morgan fingerprint density at radius 3 is 2.72 bits per heavy atom. The maximum Gasteiger partial charge on any atom is 0.312 e. The van der Waals surface area contributed by atoms with Gasteiger partial charge in [0.1, 0.15) is 0 Å². The van der Waals surface area contributed by atoms with Crippen LogP contribution in [0.15, 0.2) is 23.1 Å². The van der Waals surface area contributed by atoms with Crippen LogP contribution in [-0.2, 0) is 14.8 Å². The van der Waals surface area contributed by atoms with Gasteiger partial charge in [0.05, 0.1) is 16.4 Å². The molecule has 0 amide bonds. The largest absolute Gasteiger partial charge is 0.502 e. The minimum Gasteiger partial charge on any atom is -0.502 e. The van der Waals surface area contributed by atoms with Crippen LogP contribution in [0.3, 0.4) is 0 Å². The van der Waals surface area contributed by atoms with E-state index in [9.17, 15) is 23.6 Å². The van der Waals surface area contributed by atoms with Gasteiger partial charge < -0.3 is 9.84 Å². The lowest BCUT2D eigenvalue weighted by atomic mass is 10.3. The molecule has 9 heteroatoms. The first kappa shape index (κ1) is 14.4. The Bertz CT molecular complexity index is 542. The van der Waals surface area contributed by atoms with Crippen LogP contribution in [0.25, 0.3) is 0 Å². The molecule has 0 aliphatic heterocycles. The lowest BCUT2D eigenvalue weighted by Gasteiger charge is -2.06. The minimum atomic E-state index is -3.85. The Morgan fingerprint density at radius 1 is 1.50 bits per heavy atom. The van der Waals surface area contributed by atoms with Crippen molar-refractivity contribution < 1.29 is 23.2 Å². The van der Waals surface area contributed by atoms with Gasteiger partial charge in [-0.05, 0) is 12.1 Å². The van der Waals surface area contributed by atoms with Gasteiger partial charge in [0.25, 0.3) is 0 Å². The molecule has 0 heterocycles. The van der Waals surface area contributed by atoms with Gasteiger partial charge in [-0.2, -0.15) is 0 Å². The molecule has 0 saturated carbocycles. The van der Waals surface area contributed by atoms with E-state index in [0.717, 1.165) is 18.2 Å². The van der Waals surface area contributed by atoms with Crippen LogP contribution in [0.4, 0.5) is 5.69 Å². The van der Waals surface area contributed by atoms with E-state index in [-0.39, 0.29) is 18.0 Å². The molecular weight excluding hydrogens is 264 g/mol. The number of phenols is 1. The summed E-state index contributed by atoms with van der Waals surface area (Å²) in [5.74, 6) is -0.587. The Labute approximate surface area is 103 Å². The molecule has 0 aliphatic rings. The SMILES string of the molecule is COCCNS(=O)(=O)c1ccc(O)c([N+](=O)[O-])c1. The lowest BCUT2D eigenvalue weighted by Crippen LogP contribution is -2.27. The molecule has 2 N–H and O–H groups in total. The molecule has 8 nitrogen and oxygen atoms in total. The second kappa shape index (κ2) is 5.76. The number of aromatic hydroxyl groups is 1. The van der Waals surface area contributed by atoms with Crippen LogP contribution in [0.1, 0.15) is 0 Å². The number of benzene rings is 1. The smallest absolute Gasteiger partial charge is 0.312 e. The van der Waals surface area contributed by atoms with Gasteiger partial charge in [0.2, 0.25) is 10.0 Å². The summed E-state index contributed by atoms with van der Waals surface area (Å²) < 4.78 is 30.3. The van der Waals surface area contributed by atoms with E-state index in [1.807, 2.05) is 0 Å². The summed E-state index contributed by atoms with van der Waals surface area (Å²) in [7, 11) is -2.43. The Morgan fingerprint density at radius 2 is 2.17 bits per heavy atom. The number of phenolic OH excluding ortho intramolecular Hbond substituents is 1. The Balaban J connectivity index is 3.02. The van der Waals surface area contributed by atoms with Crippen molar-refractivity contribution in [3.63, 3.8) is 0 Å². The average Bonchev–Trinajstić information content (AvgIpc) is 2.29. The summed E-state index contributed by atoms with van der Waals surface area (Å²) in [5, 5.41) is 19.8. The van der Waals surface area contributed by atoms with Crippen molar-refractivity contribution in [1.29, 1.82) is 0 Å². The third-order valence-electron chi connectivity index (χ3n) is 2.05. The van der Waals surface area contributed by atoms with Crippen LogP contribution in [0.5, 0.6) is 5.75 Å². The summed E-state index contributed by atoms with van der Waals surface area (Å²) in [4.78, 5) is 9.43. The van der Waals surface area contributed by atoms with Crippen LogP contribution in [0, 0.1) is 10.1 Å². The number of sulfonamides is 1. The first-order chi connectivity index (χ1) is 8.38. The third kappa shape index (κ3) is 3.39. The highest BCUT2D eigenvalue weighted by molar-refractivity contribution is 7.89. The number of nitrogens with one attached hydrogen (secondary N) is 1. The van der Waals surface area contributed by atoms with Gasteiger partial charge in [-0.15, -0.1) is 0 Å². The lowest BCUT2D eigenvalue weighted by molar-refractivity contribution is -0.386. The number of nitro groups is 1. The second-order valence-electron chi connectivity index (χ2n) is 3.30. The van der Waals surface area contributed by atoms with Crippen molar-refractivity contribution in [1.82, 2.24) is 4.72 Å². The summed E-state index contributed by atoms with van der Waals surface area (Å²) >= 11 is 0. The van der Waals surface area contributed by atoms with Crippen molar-refractivity contribution >= 4 is 15.7 Å². The molecule has 1 rings (SSSR count). The Hall–Kier alpha value is -1.71. The van der Waals surface area contributed by atoms with E-state index in [0.29, 0.717) is 0 Å². The molecule has 100 valence electrons. The number of nitro benzene ring substituents is 1. The molecule has 0 aliphatic carbocycles. The molecular formula is C9H12N2O6S. The predicted molar refractivity (Wildman–Crippen MR) is 61.8 cm³/mol. The van der Waals surface area contributed by atoms with Gasteiger partial charge in [-0.25, -0.2) is 13.1 Å². The summed E-state index contributed by atoms with van der Waals surface area (Å²) in [6, 6.07) is 2.84. The van der Waals surface area contributed by atoms with Gasteiger partial charge in [0.15, 0.2) is 5.75 Å². The standard InChI is InChI=1S/C9H12N2O6S/c1-17-5-4-10-18(15,16)7-2-3-9(12)8(6-7)11(13)14/h2-3,6,10,12H,4-5H2,1H3.